The van der Waals surface area contributed by atoms with E-state index in [1.807, 2.05) is 30.3 Å². The summed E-state index contributed by atoms with van der Waals surface area (Å²) in [6.45, 7) is 2.92. The second-order valence-electron chi connectivity index (χ2n) is 4.96. The first-order chi connectivity index (χ1) is 11.0. The molecule has 5 nitrogen and oxygen atoms in total. The Balaban J connectivity index is 3.06. The molecule has 1 amide bonds. The predicted octanol–water partition coefficient (Wildman–Crippen LogP) is 2.28. The van der Waals surface area contributed by atoms with Gasteiger partial charge in [0, 0.05) is 6.42 Å². The minimum Gasteiger partial charge on any atom is -0.467 e. The number of hydrogen-bond donors (Lipinski definition) is 1. The molecule has 0 saturated heterocycles. The van der Waals surface area contributed by atoms with Crippen molar-refractivity contribution in [3.8, 4) is 0 Å². The van der Waals surface area contributed by atoms with Gasteiger partial charge in [0.25, 0.3) is 0 Å². The number of ether oxygens (including phenoxy) is 1. The van der Waals surface area contributed by atoms with Gasteiger partial charge in [-0.15, -0.1) is 0 Å². The minimum absolute atomic E-state index is 0.00714. The van der Waals surface area contributed by atoms with Crippen molar-refractivity contribution in [3.05, 3.63) is 54.1 Å². The number of amides is 1. The fourth-order valence-electron chi connectivity index (χ4n) is 2.07. The van der Waals surface area contributed by atoms with E-state index < -0.39 is 23.2 Å². The van der Waals surface area contributed by atoms with Crippen LogP contribution in [0.3, 0.4) is 0 Å². The number of carbonyl (C=O) groups excluding carboxylic acids is 3. The third kappa shape index (κ3) is 4.92. The summed E-state index contributed by atoms with van der Waals surface area (Å²) in [5, 5.41) is 2.47. The van der Waals surface area contributed by atoms with Gasteiger partial charge >= 0.3 is 5.97 Å². The normalized spacial score (nSPS) is 13.7. The molecule has 0 unspecified atom stereocenters. The molecule has 23 heavy (non-hydrogen) atoms. The Morgan fingerprint density at radius 2 is 1.87 bits per heavy atom. The molecule has 1 aromatic carbocycles. The predicted molar refractivity (Wildman–Crippen MR) is 88.5 cm³/mol. The summed E-state index contributed by atoms with van der Waals surface area (Å²) < 4.78 is 4.73. The summed E-state index contributed by atoms with van der Waals surface area (Å²) in [6, 6.07) is 9.44. The minimum atomic E-state index is -1.73. The Labute approximate surface area is 136 Å². The molecule has 122 valence electrons. The van der Waals surface area contributed by atoms with Crippen LogP contribution in [0.15, 0.2) is 48.6 Å². The van der Waals surface area contributed by atoms with E-state index in [0.717, 1.165) is 5.56 Å². The maximum Gasteiger partial charge on any atom is 0.339 e. The monoisotopic (exact) mass is 315 g/mol. The van der Waals surface area contributed by atoms with Gasteiger partial charge in [0.05, 0.1) is 7.11 Å². The van der Waals surface area contributed by atoms with Gasteiger partial charge < -0.3 is 10.1 Å². The zero-order valence-electron chi connectivity index (χ0n) is 13.5. The molecule has 0 spiro atoms. The molecule has 0 bridgehead atoms. The van der Waals surface area contributed by atoms with Crippen LogP contribution in [0.1, 0.15) is 25.8 Å². The Morgan fingerprint density at radius 3 is 2.39 bits per heavy atom. The molecule has 5 heteroatoms. The average Bonchev–Trinajstić information content (AvgIpc) is 2.54. The second kappa shape index (κ2) is 8.68. The molecule has 0 fully saturated rings. The molecular weight excluding hydrogens is 294 g/mol. The molecule has 1 N–H and O–H groups in total. The highest BCUT2D eigenvalue weighted by Crippen LogP contribution is 2.17. The van der Waals surface area contributed by atoms with E-state index in [9.17, 15) is 14.4 Å². The van der Waals surface area contributed by atoms with Crippen molar-refractivity contribution >= 4 is 23.7 Å². The fraction of sp³-hybridized carbons (Fsp3) is 0.278. The summed E-state index contributed by atoms with van der Waals surface area (Å²) in [6.07, 6.45) is 6.23. The molecule has 1 rings (SSSR count). The first-order valence-corrected chi connectivity index (χ1v) is 7.22. The van der Waals surface area contributed by atoms with E-state index in [2.05, 4.69) is 5.32 Å². The molecule has 0 aliphatic carbocycles. The number of ketones is 1. The molecule has 0 aliphatic rings. The van der Waals surface area contributed by atoms with E-state index in [1.165, 1.54) is 26.2 Å². The SMILES string of the molecule is C/C=C/C(=O)N[C@](C/C=C/c1ccccc1)(C(C)=O)C(=O)OC. The van der Waals surface area contributed by atoms with Crippen LogP contribution in [-0.2, 0) is 19.1 Å². The zero-order valence-corrected chi connectivity index (χ0v) is 13.5. The molecule has 0 heterocycles. The third-order valence-electron chi connectivity index (χ3n) is 3.32. The van der Waals surface area contributed by atoms with Crippen molar-refractivity contribution in [2.75, 3.05) is 7.11 Å². The van der Waals surface area contributed by atoms with E-state index in [1.54, 1.807) is 19.1 Å². The number of nitrogens with one attached hydrogen (secondary N) is 1. The lowest BCUT2D eigenvalue weighted by atomic mass is 9.90. The highest BCUT2D eigenvalue weighted by Gasteiger charge is 2.44. The second-order valence-corrected chi connectivity index (χ2v) is 4.96. The van der Waals surface area contributed by atoms with Crippen LogP contribution in [0.5, 0.6) is 0 Å². The Hall–Kier alpha value is -2.69. The van der Waals surface area contributed by atoms with E-state index in [4.69, 9.17) is 4.74 Å². The quantitative estimate of drug-likeness (QED) is 0.476. The first-order valence-electron chi connectivity index (χ1n) is 7.22. The van der Waals surface area contributed by atoms with Crippen molar-refractivity contribution in [1.29, 1.82) is 0 Å². The molecule has 1 aromatic rings. The molecular formula is C18H21NO4. The van der Waals surface area contributed by atoms with Crippen LogP contribution in [0.2, 0.25) is 0 Å². The van der Waals surface area contributed by atoms with E-state index in [0.29, 0.717) is 0 Å². The number of hydrogen-bond acceptors (Lipinski definition) is 4. The maximum atomic E-state index is 12.1. The number of rotatable bonds is 7. The van der Waals surface area contributed by atoms with Crippen molar-refractivity contribution in [2.45, 2.75) is 25.8 Å². The van der Waals surface area contributed by atoms with Crippen LogP contribution < -0.4 is 5.32 Å². The summed E-state index contributed by atoms with van der Waals surface area (Å²) in [4.78, 5) is 36.1. The van der Waals surface area contributed by atoms with Crippen molar-refractivity contribution in [2.24, 2.45) is 0 Å². The molecule has 1 atom stereocenters. The fourth-order valence-corrected chi connectivity index (χ4v) is 2.07. The number of allylic oxidation sites excluding steroid dienone is 1. The van der Waals surface area contributed by atoms with Crippen molar-refractivity contribution in [1.82, 2.24) is 5.32 Å². The number of Topliss-reactive ketones (excluding diaryl/α,β-unsaturated/α-hetero) is 1. The van der Waals surface area contributed by atoms with Crippen molar-refractivity contribution in [3.63, 3.8) is 0 Å². The zero-order chi connectivity index (χ0) is 17.3. The van der Waals surface area contributed by atoms with Crippen LogP contribution in [0.25, 0.3) is 6.08 Å². The highest BCUT2D eigenvalue weighted by atomic mass is 16.5. The van der Waals surface area contributed by atoms with Crippen LogP contribution in [0, 0.1) is 0 Å². The standard InChI is InChI=1S/C18H21NO4/c1-4-9-16(21)19-18(14(2)20,17(22)23-3)13-8-12-15-10-6-5-7-11-15/h4-12H,13H2,1-3H3,(H,19,21)/b9-4+,12-8+/t18-/m1/s1. The van der Waals surface area contributed by atoms with Crippen molar-refractivity contribution < 1.29 is 19.1 Å². The Kier molecular flexibility index (Phi) is 6.93. The number of methoxy groups -OCH3 is 1. The van der Waals surface area contributed by atoms with E-state index >= 15 is 0 Å². The number of benzene rings is 1. The topological polar surface area (TPSA) is 72.5 Å². The third-order valence-corrected chi connectivity index (χ3v) is 3.32. The lowest BCUT2D eigenvalue weighted by Crippen LogP contribution is -2.59. The van der Waals surface area contributed by atoms with Gasteiger partial charge in [-0.05, 0) is 25.5 Å². The van der Waals surface area contributed by atoms with Crippen LogP contribution in [0.4, 0.5) is 0 Å². The Bertz CT molecular complexity index is 619. The Morgan fingerprint density at radius 1 is 1.22 bits per heavy atom. The van der Waals surface area contributed by atoms with Gasteiger partial charge in [-0.25, -0.2) is 4.79 Å². The lowest BCUT2D eigenvalue weighted by molar-refractivity contribution is -0.154. The molecule has 0 saturated carbocycles. The summed E-state index contributed by atoms with van der Waals surface area (Å²) >= 11 is 0. The number of carbonyl (C=O) groups is 3. The smallest absolute Gasteiger partial charge is 0.339 e. The molecule has 0 aromatic heterocycles. The summed E-state index contributed by atoms with van der Waals surface area (Å²) in [5.41, 5.74) is -0.800. The van der Waals surface area contributed by atoms with Gasteiger partial charge in [0.2, 0.25) is 11.4 Å². The maximum absolute atomic E-state index is 12.1. The van der Waals surface area contributed by atoms with Crippen LogP contribution >= 0.6 is 0 Å². The van der Waals surface area contributed by atoms with Gasteiger partial charge in [-0.3, -0.25) is 9.59 Å². The van der Waals surface area contributed by atoms with Gasteiger partial charge in [0.15, 0.2) is 5.78 Å². The average molecular weight is 315 g/mol. The highest BCUT2D eigenvalue weighted by molar-refractivity contribution is 6.11. The molecule has 0 radical (unpaired) electrons. The first kappa shape index (κ1) is 18.4. The van der Waals surface area contributed by atoms with Crippen LogP contribution in [-0.4, -0.2) is 30.3 Å². The summed E-state index contributed by atoms with van der Waals surface area (Å²) in [5.74, 6) is -1.80. The molecule has 0 aliphatic heterocycles. The van der Waals surface area contributed by atoms with Gasteiger partial charge in [-0.1, -0.05) is 48.6 Å². The van der Waals surface area contributed by atoms with Gasteiger partial charge in [0.1, 0.15) is 0 Å². The largest absolute Gasteiger partial charge is 0.467 e. The van der Waals surface area contributed by atoms with E-state index in [-0.39, 0.29) is 6.42 Å². The summed E-state index contributed by atoms with van der Waals surface area (Å²) in [7, 11) is 1.18. The lowest BCUT2D eigenvalue weighted by Gasteiger charge is -2.27. The van der Waals surface area contributed by atoms with Gasteiger partial charge in [-0.2, -0.15) is 0 Å². The number of esters is 1.